The minimum atomic E-state index is 0.235. The summed E-state index contributed by atoms with van der Waals surface area (Å²) < 4.78 is 0. The standard InChI is InChI=1S/C15H21NO/c16-14-10-8-13(9-11-14)15(17)12-6-4-2-1-3-5-7-12/h8-12H,1-7,16H2. The molecule has 0 unspecified atom stereocenters. The lowest BCUT2D eigenvalue weighted by molar-refractivity contribution is 0.0898. The van der Waals surface area contributed by atoms with Crippen LogP contribution in [0.5, 0.6) is 0 Å². The fourth-order valence-electron chi connectivity index (χ4n) is 2.60. The molecule has 2 heteroatoms. The zero-order chi connectivity index (χ0) is 12.1. The molecule has 1 fully saturated rings. The molecule has 0 spiro atoms. The van der Waals surface area contributed by atoms with Gasteiger partial charge in [-0.1, -0.05) is 32.1 Å². The summed E-state index contributed by atoms with van der Waals surface area (Å²) in [5, 5.41) is 0. The van der Waals surface area contributed by atoms with Crippen LogP contribution in [0.1, 0.15) is 55.3 Å². The van der Waals surface area contributed by atoms with Crippen LogP contribution >= 0.6 is 0 Å². The molecule has 2 nitrogen and oxygen atoms in total. The van der Waals surface area contributed by atoms with Crippen LogP contribution in [-0.4, -0.2) is 5.78 Å². The van der Waals surface area contributed by atoms with Crippen LogP contribution in [0.2, 0.25) is 0 Å². The second kappa shape index (κ2) is 5.85. The Kier molecular flexibility index (Phi) is 4.18. The van der Waals surface area contributed by atoms with E-state index in [1.165, 1.54) is 32.1 Å². The molecule has 0 aromatic heterocycles. The number of hydrogen-bond acceptors (Lipinski definition) is 2. The number of anilines is 1. The molecular weight excluding hydrogens is 210 g/mol. The average Bonchev–Trinajstić information content (AvgIpc) is 2.29. The van der Waals surface area contributed by atoms with Crippen molar-refractivity contribution in [3.8, 4) is 0 Å². The number of ketones is 1. The van der Waals surface area contributed by atoms with Gasteiger partial charge in [0.2, 0.25) is 0 Å². The van der Waals surface area contributed by atoms with E-state index in [1.807, 2.05) is 24.3 Å². The summed E-state index contributed by atoms with van der Waals surface area (Å²) >= 11 is 0. The van der Waals surface area contributed by atoms with Crippen LogP contribution in [-0.2, 0) is 0 Å². The van der Waals surface area contributed by atoms with E-state index >= 15 is 0 Å². The monoisotopic (exact) mass is 231 g/mol. The highest BCUT2D eigenvalue weighted by molar-refractivity contribution is 5.98. The number of nitrogen functional groups attached to an aromatic ring is 1. The molecule has 0 heterocycles. The normalized spacial score (nSPS) is 18.4. The van der Waals surface area contributed by atoms with Crippen molar-refractivity contribution in [1.29, 1.82) is 0 Å². The molecule has 0 amide bonds. The molecule has 92 valence electrons. The number of Topliss-reactive ketones (excluding diaryl/α,β-unsaturated/α-hetero) is 1. The van der Waals surface area contributed by atoms with Gasteiger partial charge in [-0.2, -0.15) is 0 Å². The zero-order valence-electron chi connectivity index (χ0n) is 10.3. The second-order valence-electron chi connectivity index (χ2n) is 5.03. The number of rotatable bonds is 2. The molecule has 0 atom stereocenters. The summed E-state index contributed by atoms with van der Waals surface area (Å²) in [4.78, 5) is 12.3. The highest BCUT2D eigenvalue weighted by atomic mass is 16.1. The number of nitrogens with two attached hydrogens (primary N) is 1. The fourth-order valence-corrected chi connectivity index (χ4v) is 2.60. The first-order valence-electron chi connectivity index (χ1n) is 6.67. The van der Waals surface area contributed by atoms with Crippen LogP contribution < -0.4 is 5.73 Å². The minimum Gasteiger partial charge on any atom is -0.399 e. The predicted octanol–water partition coefficient (Wildman–Crippen LogP) is 3.81. The zero-order valence-corrected chi connectivity index (χ0v) is 10.3. The predicted molar refractivity (Wildman–Crippen MR) is 71.0 cm³/mol. The topological polar surface area (TPSA) is 43.1 Å². The fraction of sp³-hybridized carbons (Fsp3) is 0.533. The largest absolute Gasteiger partial charge is 0.399 e. The van der Waals surface area contributed by atoms with Gasteiger partial charge in [0.05, 0.1) is 0 Å². The molecule has 0 bridgehead atoms. The van der Waals surface area contributed by atoms with Crippen molar-refractivity contribution in [3.63, 3.8) is 0 Å². The van der Waals surface area contributed by atoms with E-state index in [0.717, 1.165) is 24.1 Å². The van der Waals surface area contributed by atoms with Gasteiger partial charge in [-0.3, -0.25) is 4.79 Å². The maximum atomic E-state index is 12.3. The average molecular weight is 231 g/mol. The highest BCUT2D eigenvalue weighted by Gasteiger charge is 2.20. The quantitative estimate of drug-likeness (QED) is 0.621. The van der Waals surface area contributed by atoms with Crippen molar-refractivity contribution >= 4 is 11.5 Å². The maximum absolute atomic E-state index is 12.3. The molecule has 0 saturated heterocycles. The smallest absolute Gasteiger partial charge is 0.165 e. The Hall–Kier alpha value is -1.31. The molecule has 2 N–H and O–H groups in total. The van der Waals surface area contributed by atoms with Crippen molar-refractivity contribution in [3.05, 3.63) is 29.8 Å². The molecule has 0 aliphatic heterocycles. The number of carbonyl (C=O) groups excluding carboxylic acids is 1. The molecule has 2 rings (SSSR count). The SMILES string of the molecule is Nc1ccc(C(=O)C2CCCCCCC2)cc1. The van der Waals surface area contributed by atoms with Crippen molar-refractivity contribution < 1.29 is 4.79 Å². The maximum Gasteiger partial charge on any atom is 0.165 e. The Morgan fingerprint density at radius 3 is 2.06 bits per heavy atom. The van der Waals surface area contributed by atoms with Crippen molar-refractivity contribution in [2.45, 2.75) is 44.9 Å². The van der Waals surface area contributed by atoms with E-state index in [2.05, 4.69) is 0 Å². The molecule has 1 aliphatic carbocycles. The summed E-state index contributed by atoms with van der Waals surface area (Å²) in [5.74, 6) is 0.547. The highest BCUT2D eigenvalue weighted by Crippen LogP contribution is 2.25. The lowest BCUT2D eigenvalue weighted by Gasteiger charge is -2.18. The number of benzene rings is 1. The minimum absolute atomic E-state index is 0.235. The van der Waals surface area contributed by atoms with Gasteiger partial charge in [-0.15, -0.1) is 0 Å². The van der Waals surface area contributed by atoms with Crippen molar-refractivity contribution in [2.24, 2.45) is 5.92 Å². The lowest BCUT2D eigenvalue weighted by atomic mass is 9.86. The first kappa shape index (κ1) is 12.2. The van der Waals surface area contributed by atoms with E-state index in [4.69, 9.17) is 5.73 Å². The lowest BCUT2D eigenvalue weighted by Crippen LogP contribution is -2.16. The van der Waals surface area contributed by atoms with E-state index in [0.29, 0.717) is 5.78 Å². The molecule has 1 aromatic rings. The van der Waals surface area contributed by atoms with Crippen LogP contribution in [0.25, 0.3) is 0 Å². The summed E-state index contributed by atoms with van der Waals surface area (Å²) in [6.07, 6.45) is 8.42. The Bertz CT molecular complexity index is 361. The van der Waals surface area contributed by atoms with Gasteiger partial charge in [-0.05, 0) is 37.1 Å². The second-order valence-corrected chi connectivity index (χ2v) is 5.03. The van der Waals surface area contributed by atoms with Gasteiger partial charge in [-0.25, -0.2) is 0 Å². The van der Waals surface area contributed by atoms with E-state index in [-0.39, 0.29) is 5.92 Å². The van der Waals surface area contributed by atoms with Crippen LogP contribution in [0, 0.1) is 5.92 Å². The first-order chi connectivity index (χ1) is 8.27. The van der Waals surface area contributed by atoms with Crippen LogP contribution in [0.15, 0.2) is 24.3 Å². The third-order valence-corrected chi connectivity index (χ3v) is 3.67. The Morgan fingerprint density at radius 1 is 0.941 bits per heavy atom. The number of hydrogen-bond donors (Lipinski definition) is 1. The summed E-state index contributed by atoms with van der Waals surface area (Å²) in [6.45, 7) is 0. The number of carbonyl (C=O) groups is 1. The van der Waals surface area contributed by atoms with Gasteiger partial charge in [0.25, 0.3) is 0 Å². The molecule has 1 saturated carbocycles. The van der Waals surface area contributed by atoms with E-state index < -0.39 is 0 Å². The van der Waals surface area contributed by atoms with Crippen LogP contribution in [0.3, 0.4) is 0 Å². The molecule has 1 aliphatic rings. The third-order valence-electron chi connectivity index (χ3n) is 3.67. The van der Waals surface area contributed by atoms with Gasteiger partial charge >= 0.3 is 0 Å². The van der Waals surface area contributed by atoms with E-state index in [1.54, 1.807) is 0 Å². The first-order valence-corrected chi connectivity index (χ1v) is 6.67. The summed E-state index contributed by atoms with van der Waals surface area (Å²) in [7, 11) is 0. The van der Waals surface area contributed by atoms with Gasteiger partial charge in [0.1, 0.15) is 0 Å². The van der Waals surface area contributed by atoms with E-state index in [9.17, 15) is 4.79 Å². The Morgan fingerprint density at radius 2 is 1.47 bits per heavy atom. The summed E-state index contributed by atoms with van der Waals surface area (Å²) in [6, 6.07) is 7.35. The van der Waals surface area contributed by atoms with Gasteiger partial charge in [0, 0.05) is 17.2 Å². The third kappa shape index (κ3) is 3.32. The Labute approximate surface area is 103 Å². The van der Waals surface area contributed by atoms with Crippen molar-refractivity contribution in [2.75, 3.05) is 5.73 Å². The van der Waals surface area contributed by atoms with Gasteiger partial charge in [0.15, 0.2) is 5.78 Å². The van der Waals surface area contributed by atoms with Crippen molar-refractivity contribution in [1.82, 2.24) is 0 Å². The van der Waals surface area contributed by atoms with Gasteiger partial charge < -0.3 is 5.73 Å². The van der Waals surface area contributed by atoms with Crippen LogP contribution in [0.4, 0.5) is 5.69 Å². The molecular formula is C15H21NO. The molecule has 17 heavy (non-hydrogen) atoms. The molecule has 0 radical (unpaired) electrons. The molecule has 1 aromatic carbocycles. The Balaban J connectivity index is 2.04. The summed E-state index contributed by atoms with van der Waals surface area (Å²) in [5.41, 5.74) is 7.18.